The molecule has 1 aromatic carbocycles. The number of aryl methyl sites for hydroxylation is 1. The maximum atomic E-state index is 12.6. The Kier molecular flexibility index (Phi) is 8.60. The van der Waals surface area contributed by atoms with E-state index in [1.807, 2.05) is 6.92 Å². The van der Waals surface area contributed by atoms with E-state index in [9.17, 15) is 13.2 Å². The number of hydrogen-bond donors (Lipinski definition) is 2. The minimum Gasteiger partial charge on any atom is -0.357 e. The predicted octanol–water partition coefficient (Wildman–Crippen LogP) is 3.40. The molecule has 2 aliphatic rings. The molecule has 0 radical (unpaired) electrons. The predicted molar refractivity (Wildman–Crippen MR) is 119 cm³/mol. The molecule has 2 heterocycles. The minimum atomic E-state index is -4.14. The zero-order valence-corrected chi connectivity index (χ0v) is 18.7. The van der Waals surface area contributed by atoms with Crippen LogP contribution in [0.4, 0.5) is 13.2 Å². The van der Waals surface area contributed by atoms with Gasteiger partial charge in [0.2, 0.25) is 0 Å². The van der Waals surface area contributed by atoms with Crippen LogP contribution in [0.3, 0.4) is 0 Å². The number of alkyl halides is 3. The van der Waals surface area contributed by atoms with Crippen molar-refractivity contribution in [3.8, 4) is 0 Å². The van der Waals surface area contributed by atoms with Crippen molar-refractivity contribution in [1.82, 2.24) is 20.4 Å². The van der Waals surface area contributed by atoms with Gasteiger partial charge in [-0.15, -0.1) is 0 Å². The lowest BCUT2D eigenvalue weighted by Crippen LogP contribution is -2.45. The van der Waals surface area contributed by atoms with Crippen LogP contribution in [0.5, 0.6) is 0 Å². The molecule has 8 heteroatoms. The fourth-order valence-electron chi connectivity index (χ4n) is 4.36. The maximum Gasteiger partial charge on any atom is 0.401 e. The summed E-state index contributed by atoms with van der Waals surface area (Å²) in [5.74, 6) is 1.28. The van der Waals surface area contributed by atoms with E-state index in [0.29, 0.717) is 25.4 Å². The first-order valence-corrected chi connectivity index (χ1v) is 11.4. The summed E-state index contributed by atoms with van der Waals surface area (Å²) in [5.41, 5.74) is 2.65. The largest absolute Gasteiger partial charge is 0.401 e. The second-order valence-electron chi connectivity index (χ2n) is 8.90. The lowest BCUT2D eigenvalue weighted by molar-refractivity contribution is -0.143. The highest BCUT2D eigenvalue weighted by Gasteiger charge is 2.34. The molecule has 2 N–H and O–H groups in total. The molecule has 5 nitrogen and oxygen atoms in total. The Morgan fingerprint density at radius 1 is 1.06 bits per heavy atom. The molecule has 1 aromatic rings. The van der Waals surface area contributed by atoms with E-state index < -0.39 is 12.7 Å². The number of rotatable bonds is 7. The van der Waals surface area contributed by atoms with Crippen molar-refractivity contribution in [2.24, 2.45) is 10.9 Å². The second-order valence-corrected chi connectivity index (χ2v) is 8.90. The maximum absolute atomic E-state index is 12.6. The van der Waals surface area contributed by atoms with Crippen LogP contribution in [0.25, 0.3) is 0 Å². The van der Waals surface area contributed by atoms with Crippen LogP contribution in [-0.4, -0.2) is 73.8 Å². The van der Waals surface area contributed by atoms with E-state index in [2.05, 4.69) is 46.7 Å². The fraction of sp³-hybridized carbons (Fsp3) is 0.696. The van der Waals surface area contributed by atoms with Gasteiger partial charge in [-0.05, 0) is 57.7 Å². The molecule has 0 aliphatic carbocycles. The molecule has 0 aromatic heterocycles. The molecule has 1 unspecified atom stereocenters. The Hall–Kier alpha value is -1.80. The van der Waals surface area contributed by atoms with Gasteiger partial charge < -0.3 is 10.6 Å². The number of piperidine rings is 1. The summed E-state index contributed by atoms with van der Waals surface area (Å²) in [6, 6.07) is 8.76. The van der Waals surface area contributed by atoms with Crippen molar-refractivity contribution in [2.45, 2.75) is 51.9 Å². The van der Waals surface area contributed by atoms with E-state index in [4.69, 9.17) is 4.99 Å². The Morgan fingerprint density at radius 3 is 2.39 bits per heavy atom. The molecule has 0 saturated carbocycles. The van der Waals surface area contributed by atoms with Gasteiger partial charge in [-0.25, -0.2) is 0 Å². The fourth-order valence-corrected chi connectivity index (χ4v) is 4.36. The molecule has 2 fully saturated rings. The summed E-state index contributed by atoms with van der Waals surface area (Å²) in [5, 5.41) is 6.58. The number of benzene rings is 1. The van der Waals surface area contributed by atoms with Crippen LogP contribution < -0.4 is 10.6 Å². The first-order valence-electron chi connectivity index (χ1n) is 11.4. The molecular weight excluding hydrogens is 403 g/mol. The van der Waals surface area contributed by atoms with Crippen molar-refractivity contribution in [3.05, 3.63) is 35.4 Å². The number of nitrogens with zero attached hydrogens (tertiary/aromatic N) is 3. The summed E-state index contributed by atoms with van der Waals surface area (Å²) >= 11 is 0. The van der Waals surface area contributed by atoms with Crippen LogP contribution in [0.15, 0.2) is 29.3 Å². The van der Waals surface area contributed by atoms with E-state index in [-0.39, 0.29) is 6.04 Å². The van der Waals surface area contributed by atoms with E-state index in [1.54, 1.807) is 0 Å². The molecule has 0 spiro atoms. The van der Waals surface area contributed by atoms with Gasteiger partial charge in [0, 0.05) is 38.8 Å². The van der Waals surface area contributed by atoms with Crippen molar-refractivity contribution in [2.75, 3.05) is 45.8 Å². The molecule has 2 saturated heterocycles. The summed E-state index contributed by atoms with van der Waals surface area (Å²) in [6.45, 7) is 8.80. The third kappa shape index (κ3) is 8.33. The lowest BCUT2D eigenvalue weighted by Gasteiger charge is -2.31. The summed E-state index contributed by atoms with van der Waals surface area (Å²) in [4.78, 5) is 8.72. The minimum absolute atomic E-state index is 0.0107. The number of hydrogen-bond acceptors (Lipinski definition) is 3. The number of guanidine groups is 1. The quantitative estimate of drug-likeness (QED) is 0.505. The summed E-state index contributed by atoms with van der Waals surface area (Å²) in [7, 11) is 0. The molecule has 0 amide bonds. The van der Waals surface area contributed by atoms with E-state index >= 15 is 0 Å². The van der Waals surface area contributed by atoms with Gasteiger partial charge in [-0.2, -0.15) is 13.2 Å². The standard InChI is InChI=1S/C23H36F3N5/c1-3-27-22(29-21-10-13-31(16-21)17-23(24,25)26)28-14-19-8-11-30(12-9-19)15-20-6-4-18(2)5-7-20/h4-7,19,21H,3,8-17H2,1-2H3,(H2,27,28,29). The van der Waals surface area contributed by atoms with Gasteiger partial charge in [-0.3, -0.25) is 14.8 Å². The first-order chi connectivity index (χ1) is 14.8. The topological polar surface area (TPSA) is 42.9 Å². The molecule has 3 rings (SSSR count). The first kappa shape index (κ1) is 23.9. The van der Waals surface area contributed by atoms with Crippen molar-refractivity contribution in [1.29, 1.82) is 0 Å². The average molecular weight is 440 g/mol. The highest BCUT2D eigenvalue weighted by atomic mass is 19.4. The third-order valence-electron chi connectivity index (χ3n) is 6.10. The molecule has 174 valence electrons. The third-order valence-corrected chi connectivity index (χ3v) is 6.10. The molecular formula is C23H36F3N5. The highest BCUT2D eigenvalue weighted by molar-refractivity contribution is 5.80. The highest BCUT2D eigenvalue weighted by Crippen LogP contribution is 2.21. The zero-order valence-electron chi connectivity index (χ0n) is 18.7. The Labute approximate surface area is 184 Å². The van der Waals surface area contributed by atoms with Crippen LogP contribution in [0, 0.1) is 12.8 Å². The van der Waals surface area contributed by atoms with Crippen LogP contribution in [-0.2, 0) is 6.54 Å². The molecule has 1 atom stereocenters. The number of halogens is 3. The Bertz CT molecular complexity index is 696. The molecule has 31 heavy (non-hydrogen) atoms. The lowest BCUT2D eigenvalue weighted by atomic mass is 9.96. The zero-order chi connectivity index (χ0) is 22.3. The van der Waals surface area contributed by atoms with Crippen LogP contribution >= 0.6 is 0 Å². The normalized spacial score (nSPS) is 22.1. The number of likely N-dealkylation sites (tertiary alicyclic amines) is 2. The van der Waals surface area contributed by atoms with E-state index in [0.717, 1.165) is 51.5 Å². The number of aliphatic imine (C=N–C) groups is 1. The van der Waals surface area contributed by atoms with Crippen molar-refractivity contribution in [3.63, 3.8) is 0 Å². The van der Waals surface area contributed by atoms with Crippen LogP contribution in [0.2, 0.25) is 0 Å². The summed E-state index contributed by atoms with van der Waals surface area (Å²) in [6.07, 6.45) is -1.19. The molecule has 0 bridgehead atoms. The van der Waals surface area contributed by atoms with Gasteiger partial charge in [-0.1, -0.05) is 29.8 Å². The van der Waals surface area contributed by atoms with Gasteiger partial charge in [0.1, 0.15) is 0 Å². The van der Waals surface area contributed by atoms with Gasteiger partial charge >= 0.3 is 6.18 Å². The van der Waals surface area contributed by atoms with Gasteiger partial charge in [0.05, 0.1) is 6.54 Å². The number of nitrogens with one attached hydrogen (secondary N) is 2. The van der Waals surface area contributed by atoms with Crippen molar-refractivity contribution >= 4 is 5.96 Å². The van der Waals surface area contributed by atoms with Gasteiger partial charge in [0.15, 0.2) is 5.96 Å². The Morgan fingerprint density at radius 2 is 1.74 bits per heavy atom. The van der Waals surface area contributed by atoms with E-state index in [1.165, 1.54) is 16.0 Å². The van der Waals surface area contributed by atoms with Crippen molar-refractivity contribution < 1.29 is 13.2 Å². The molecule has 2 aliphatic heterocycles. The SMILES string of the molecule is CCNC(=NCC1CCN(Cc2ccc(C)cc2)CC1)NC1CCN(CC(F)(F)F)C1. The van der Waals surface area contributed by atoms with Crippen LogP contribution in [0.1, 0.15) is 37.3 Å². The Balaban J connectivity index is 1.42. The van der Waals surface area contributed by atoms with Gasteiger partial charge in [0.25, 0.3) is 0 Å². The average Bonchev–Trinajstić information content (AvgIpc) is 3.14. The smallest absolute Gasteiger partial charge is 0.357 e. The second kappa shape index (κ2) is 11.2. The summed E-state index contributed by atoms with van der Waals surface area (Å²) < 4.78 is 37.8. The monoisotopic (exact) mass is 439 g/mol.